The Morgan fingerprint density at radius 1 is 1.38 bits per heavy atom. The van der Waals surface area contributed by atoms with Crippen molar-refractivity contribution < 1.29 is 14.7 Å². The van der Waals surface area contributed by atoms with Crippen molar-refractivity contribution in [1.82, 2.24) is 10.7 Å². The van der Waals surface area contributed by atoms with Crippen LogP contribution in [0.15, 0.2) is 5.10 Å². The van der Waals surface area contributed by atoms with E-state index < -0.39 is 6.10 Å². The van der Waals surface area contributed by atoms with Gasteiger partial charge in [-0.15, -0.1) is 0 Å². The van der Waals surface area contributed by atoms with E-state index in [1.54, 1.807) is 0 Å². The number of nitrogens with one attached hydrogen (secondary N) is 2. The average Bonchev–Trinajstić information content (AvgIpc) is 2.44. The third-order valence-corrected chi connectivity index (χ3v) is 4.95. The van der Waals surface area contributed by atoms with E-state index in [0.717, 1.165) is 18.6 Å². The van der Waals surface area contributed by atoms with Gasteiger partial charge in [0.1, 0.15) is 0 Å². The number of amides is 2. The maximum atomic E-state index is 11.5. The molecule has 4 unspecified atom stereocenters. The maximum absolute atomic E-state index is 11.5. The Labute approximate surface area is 147 Å². The van der Waals surface area contributed by atoms with Gasteiger partial charge in [0.05, 0.1) is 6.10 Å². The topological polar surface area (TPSA) is 117 Å². The molecule has 1 heterocycles. The van der Waals surface area contributed by atoms with Crippen molar-refractivity contribution in [1.29, 1.82) is 0 Å². The Hall–Kier alpha value is -1.54. The number of aliphatic hydroxyl groups excluding tert-OH is 1. The molecule has 0 bridgehead atoms. The Morgan fingerprint density at radius 2 is 2.00 bits per heavy atom. The fraction of sp³-hybridized carbons (Fsp3) is 0.750. The van der Waals surface area contributed by atoms with Crippen LogP contribution in [0.2, 0.25) is 0 Å². The highest BCUT2D eigenvalue weighted by molar-refractivity contribution is 7.80. The fourth-order valence-electron chi connectivity index (χ4n) is 3.93. The van der Waals surface area contributed by atoms with Crippen LogP contribution in [-0.2, 0) is 9.59 Å². The SMILES string of the molecule is CC1CC(C)/C(=N/NC(N)=S)C(C(O)CC2CC(=O)NC(=O)C2)C1. The number of hydrazone groups is 1. The van der Waals surface area contributed by atoms with Crippen molar-refractivity contribution in [3.05, 3.63) is 0 Å². The van der Waals surface area contributed by atoms with Gasteiger partial charge < -0.3 is 10.8 Å². The van der Waals surface area contributed by atoms with Crippen molar-refractivity contribution in [3.8, 4) is 0 Å². The van der Waals surface area contributed by atoms with Crippen LogP contribution in [0.4, 0.5) is 0 Å². The van der Waals surface area contributed by atoms with Gasteiger partial charge in [-0.25, -0.2) is 0 Å². The van der Waals surface area contributed by atoms with Gasteiger partial charge in [0, 0.05) is 24.5 Å². The number of carbonyl (C=O) groups is 2. The lowest BCUT2D eigenvalue weighted by Crippen LogP contribution is -2.43. The molecule has 0 radical (unpaired) electrons. The molecule has 1 saturated carbocycles. The Bertz CT molecular complexity index is 535. The minimum absolute atomic E-state index is 0.0936. The summed E-state index contributed by atoms with van der Waals surface area (Å²) in [5.74, 6) is -0.0914. The van der Waals surface area contributed by atoms with Crippen LogP contribution in [0, 0.1) is 23.7 Å². The summed E-state index contributed by atoms with van der Waals surface area (Å²) in [6, 6.07) is 0. The molecular formula is C16H26N4O3S. The molecule has 2 amide bonds. The first-order valence-corrected chi connectivity index (χ1v) is 8.80. The molecule has 8 heteroatoms. The Balaban J connectivity index is 2.09. The van der Waals surface area contributed by atoms with Crippen LogP contribution >= 0.6 is 12.2 Å². The molecule has 24 heavy (non-hydrogen) atoms. The number of hydrogen-bond donors (Lipinski definition) is 4. The summed E-state index contributed by atoms with van der Waals surface area (Å²) in [4.78, 5) is 23.0. The number of thiocarbonyl (C=S) groups is 1. The molecule has 2 fully saturated rings. The van der Waals surface area contributed by atoms with Crippen LogP contribution in [0.1, 0.15) is 46.0 Å². The first kappa shape index (κ1) is 18.8. The molecule has 0 aromatic rings. The van der Waals surface area contributed by atoms with Gasteiger partial charge in [0.25, 0.3) is 0 Å². The van der Waals surface area contributed by atoms with Crippen LogP contribution in [-0.4, -0.2) is 33.8 Å². The molecule has 0 aromatic carbocycles. The predicted molar refractivity (Wildman–Crippen MR) is 94.9 cm³/mol. The molecule has 5 N–H and O–H groups in total. The highest BCUT2D eigenvalue weighted by Crippen LogP contribution is 2.35. The van der Waals surface area contributed by atoms with Gasteiger partial charge in [-0.2, -0.15) is 5.10 Å². The summed E-state index contributed by atoms with van der Waals surface area (Å²) in [6.07, 6.45) is 2.12. The molecule has 0 aromatic heterocycles. The molecule has 1 aliphatic carbocycles. The van der Waals surface area contributed by atoms with E-state index in [1.807, 2.05) is 0 Å². The molecule has 2 aliphatic rings. The zero-order valence-corrected chi connectivity index (χ0v) is 14.9. The molecule has 1 aliphatic heterocycles. The summed E-state index contributed by atoms with van der Waals surface area (Å²) >= 11 is 4.80. The van der Waals surface area contributed by atoms with E-state index >= 15 is 0 Å². The van der Waals surface area contributed by atoms with Crippen molar-refractivity contribution in [3.63, 3.8) is 0 Å². The van der Waals surface area contributed by atoms with Crippen LogP contribution in [0.3, 0.4) is 0 Å². The van der Waals surface area contributed by atoms with Crippen molar-refractivity contribution in [2.24, 2.45) is 34.5 Å². The number of hydrogen-bond acceptors (Lipinski definition) is 5. The summed E-state index contributed by atoms with van der Waals surface area (Å²) in [6.45, 7) is 4.23. The number of imide groups is 1. The zero-order chi connectivity index (χ0) is 17.9. The Kier molecular flexibility index (Phi) is 6.28. The summed E-state index contributed by atoms with van der Waals surface area (Å²) in [5, 5.41) is 17.5. The fourth-order valence-corrected chi connectivity index (χ4v) is 3.98. The number of carbonyl (C=O) groups excluding carboxylic acids is 2. The van der Waals surface area contributed by atoms with E-state index in [-0.39, 0.29) is 47.5 Å². The molecule has 0 spiro atoms. The van der Waals surface area contributed by atoms with Crippen LogP contribution < -0.4 is 16.5 Å². The van der Waals surface area contributed by atoms with Crippen molar-refractivity contribution in [2.45, 2.75) is 52.1 Å². The highest BCUT2D eigenvalue weighted by atomic mass is 32.1. The monoisotopic (exact) mass is 354 g/mol. The number of piperidine rings is 1. The summed E-state index contributed by atoms with van der Waals surface area (Å²) in [7, 11) is 0. The second kappa shape index (κ2) is 8.02. The second-order valence-electron chi connectivity index (χ2n) is 7.15. The molecule has 1 saturated heterocycles. The first-order chi connectivity index (χ1) is 11.3. The van der Waals surface area contributed by atoms with E-state index in [2.05, 4.69) is 29.7 Å². The first-order valence-electron chi connectivity index (χ1n) is 8.39. The molecular weight excluding hydrogens is 328 g/mol. The van der Waals surface area contributed by atoms with Gasteiger partial charge in [0.2, 0.25) is 11.8 Å². The lowest BCUT2D eigenvalue weighted by molar-refractivity contribution is -0.135. The zero-order valence-electron chi connectivity index (χ0n) is 14.1. The van der Waals surface area contributed by atoms with E-state index in [1.165, 1.54) is 0 Å². The third kappa shape index (κ3) is 4.98. The van der Waals surface area contributed by atoms with Crippen LogP contribution in [0.25, 0.3) is 0 Å². The summed E-state index contributed by atoms with van der Waals surface area (Å²) < 4.78 is 0. The largest absolute Gasteiger partial charge is 0.392 e. The number of nitrogens with two attached hydrogens (primary N) is 1. The van der Waals surface area contributed by atoms with Gasteiger partial charge in [-0.05, 0) is 49.2 Å². The lowest BCUT2D eigenvalue weighted by atomic mass is 9.71. The van der Waals surface area contributed by atoms with Gasteiger partial charge >= 0.3 is 0 Å². The van der Waals surface area contributed by atoms with Crippen LogP contribution in [0.5, 0.6) is 0 Å². The van der Waals surface area contributed by atoms with E-state index in [0.29, 0.717) is 12.3 Å². The smallest absolute Gasteiger partial charge is 0.226 e. The second-order valence-corrected chi connectivity index (χ2v) is 7.59. The molecule has 134 valence electrons. The number of nitrogens with zero attached hydrogens (tertiary/aromatic N) is 1. The van der Waals surface area contributed by atoms with E-state index in [4.69, 9.17) is 18.0 Å². The predicted octanol–water partition coefficient (Wildman–Crippen LogP) is 0.662. The number of aliphatic hydroxyl groups is 1. The minimum Gasteiger partial charge on any atom is -0.392 e. The molecule has 7 nitrogen and oxygen atoms in total. The quantitative estimate of drug-likeness (QED) is 0.335. The van der Waals surface area contributed by atoms with Gasteiger partial charge in [0.15, 0.2) is 5.11 Å². The third-order valence-electron chi connectivity index (χ3n) is 4.86. The van der Waals surface area contributed by atoms with Crippen molar-refractivity contribution >= 4 is 34.9 Å². The van der Waals surface area contributed by atoms with E-state index in [9.17, 15) is 14.7 Å². The normalized spacial score (nSPS) is 31.6. The molecule has 4 atom stereocenters. The van der Waals surface area contributed by atoms with Gasteiger partial charge in [-0.3, -0.25) is 20.3 Å². The van der Waals surface area contributed by atoms with Gasteiger partial charge in [-0.1, -0.05) is 13.8 Å². The minimum atomic E-state index is -0.647. The standard InChI is InChI=1S/C16H26N4O3S/c1-8-3-9(2)15(19-20-16(17)24)11(4-8)12(21)5-10-6-13(22)18-14(23)7-10/h8-12,21H,3-7H2,1-2H3,(H3,17,20,24)(H,18,22,23)/b19-15-. The number of rotatable bonds is 4. The Morgan fingerprint density at radius 3 is 2.58 bits per heavy atom. The maximum Gasteiger partial charge on any atom is 0.226 e. The average molecular weight is 354 g/mol. The highest BCUT2D eigenvalue weighted by Gasteiger charge is 2.37. The van der Waals surface area contributed by atoms with Crippen molar-refractivity contribution in [2.75, 3.05) is 0 Å². The molecule has 2 rings (SSSR count). The lowest BCUT2D eigenvalue weighted by Gasteiger charge is -2.37. The summed E-state index contributed by atoms with van der Waals surface area (Å²) in [5.41, 5.74) is 8.94.